The van der Waals surface area contributed by atoms with Crippen LogP contribution in [0.25, 0.3) is 0 Å². The molecule has 1 atom stereocenters. The van der Waals surface area contributed by atoms with E-state index in [-0.39, 0.29) is 11.8 Å². The van der Waals surface area contributed by atoms with Gasteiger partial charge in [0.15, 0.2) is 0 Å². The van der Waals surface area contributed by atoms with Gasteiger partial charge in [-0.3, -0.25) is 9.59 Å². The molecule has 0 saturated heterocycles. The van der Waals surface area contributed by atoms with E-state index in [0.717, 1.165) is 11.1 Å². The number of rotatable bonds is 10. The van der Waals surface area contributed by atoms with Gasteiger partial charge >= 0.3 is 0 Å². The summed E-state index contributed by atoms with van der Waals surface area (Å²) in [4.78, 5) is 27.7. The highest BCUT2D eigenvalue weighted by atomic mass is 35.5. The van der Waals surface area contributed by atoms with E-state index in [1.54, 1.807) is 4.90 Å². The number of carbonyl (C=O) groups is 2. The molecule has 0 aliphatic heterocycles. The molecule has 0 bridgehead atoms. The molecule has 29 heavy (non-hydrogen) atoms. The molecule has 0 radical (unpaired) electrons. The van der Waals surface area contributed by atoms with E-state index in [1.165, 1.54) is 0 Å². The normalized spacial score (nSPS) is 11.9. The molecule has 1 N–H and O–H groups in total. The summed E-state index contributed by atoms with van der Waals surface area (Å²) in [5, 5.41) is 3.65. The Kier molecular flexibility index (Phi) is 9.20. The Morgan fingerprint density at radius 3 is 2.31 bits per heavy atom. The van der Waals surface area contributed by atoms with Gasteiger partial charge in [-0.2, -0.15) is 0 Å². The molecule has 0 saturated carbocycles. The van der Waals surface area contributed by atoms with Crippen LogP contribution in [0.3, 0.4) is 0 Å². The van der Waals surface area contributed by atoms with E-state index in [9.17, 15) is 9.59 Å². The van der Waals surface area contributed by atoms with Gasteiger partial charge in [0.05, 0.1) is 0 Å². The van der Waals surface area contributed by atoms with Gasteiger partial charge in [0.25, 0.3) is 0 Å². The maximum atomic E-state index is 13.2. The summed E-state index contributed by atoms with van der Waals surface area (Å²) in [6.45, 7) is 7.06. The SMILES string of the molecule is CCC(C(=O)NCC(C)C)N(Cc1ccccc1)C(=O)CCc1ccccc1Cl. The first-order chi connectivity index (χ1) is 13.9. The summed E-state index contributed by atoms with van der Waals surface area (Å²) in [6, 6.07) is 16.9. The van der Waals surface area contributed by atoms with Crippen LogP contribution in [0.2, 0.25) is 5.02 Å². The number of nitrogens with zero attached hydrogens (tertiary/aromatic N) is 1. The molecule has 0 aliphatic rings. The molecule has 0 spiro atoms. The Bertz CT molecular complexity index is 792. The predicted octanol–water partition coefficient (Wildman–Crippen LogP) is 4.85. The zero-order chi connectivity index (χ0) is 21.2. The highest BCUT2D eigenvalue weighted by molar-refractivity contribution is 6.31. The number of hydrogen-bond acceptors (Lipinski definition) is 2. The van der Waals surface area contributed by atoms with E-state index in [0.29, 0.717) is 43.3 Å². The van der Waals surface area contributed by atoms with Crippen LogP contribution in [0.15, 0.2) is 54.6 Å². The van der Waals surface area contributed by atoms with Crippen molar-refractivity contribution < 1.29 is 9.59 Å². The van der Waals surface area contributed by atoms with Gasteiger partial charge in [-0.1, -0.05) is 80.9 Å². The second kappa shape index (κ2) is 11.6. The second-order valence-corrected chi connectivity index (χ2v) is 8.07. The van der Waals surface area contributed by atoms with Crippen LogP contribution in [-0.2, 0) is 22.6 Å². The summed E-state index contributed by atoms with van der Waals surface area (Å²) in [6.07, 6.45) is 1.42. The molecule has 5 heteroatoms. The van der Waals surface area contributed by atoms with Crippen LogP contribution < -0.4 is 5.32 Å². The molecular weight excluding hydrogens is 384 g/mol. The lowest BCUT2D eigenvalue weighted by Crippen LogP contribution is -2.49. The first-order valence-electron chi connectivity index (χ1n) is 10.3. The fourth-order valence-electron chi connectivity index (χ4n) is 3.21. The van der Waals surface area contributed by atoms with Gasteiger partial charge in [-0.05, 0) is 36.0 Å². The number of carbonyl (C=O) groups excluding carboxylic acids is 2. The Morgan fingerprint density at radius 1 is 1.03 bits per heavy atom. The zero-order valence-electron chi connectivity index (χ0n) is 17.5. The lowest BCUT2D eigenvalue weighted by atomic mass is 10.1. The van der Waals surface area contributed by atoms with Gasteiger partial charge < -0.3 is 10.2 Å². The lowest BCUT2D eigenvalue weighted by molar-refractivity contribution is -0.141. The molecule has 2 rings (SSSR count). The third-order valence-electron chi connectivity index (χ3n) is 4.83. The van der Waals surface area contributed by atoms with Crippen LogP contribution in [0.4, 0.5) is 0 Å². The van der Waals surface area contributed by atoms with E-state index >= 15 is 0 Å². The molecule has 156 valence electrons. The molecule has 2 aromatic rings. The van der Waals surface area contributed by atoms with Gasteiger partial charge in [0.2, 0.25) is 11.8 Å². The highest BCUT2D eigenvalue weighted by Crippen LogP contribution is 2.19. The molecule has 4 nitrogen and oxygen atoms in total. The van der Waals surface area contributed by atoms with Crippen LogP contribution in [0.5, 0.6) is 0 Å². The van der Waals surface area contributed by atoms with Crippen LogP contribution in [0, 0.1) is 5.92 Å². The number of nitrogens with one attached hydrogen (secondary N) is 1. The summed E-state index contributed by atoms with van der Waals surface area (Å²) in [7, 11) is 0. The van der Waals surface area contributed by atoms with Gasteiger partial charge in [-0.25, -0.2) is 0 Å². The van der Waals surface area contributed by atoms with Crippen molar-refractivity contribution in [3.05, 3.63) is 70.7 Å². The van der Waals surface area contributed by atoms with Crippen molar-refractivity contribution in [2.45, 2.75) is 52.6 Å². The van der Waals surface area contributed by atoms with Crippen molar-refractivity contribution in [1.29, 1.82) is 0 Å². The van der Waals surface area contributed by atoms with E-state index in [2.05, 4.69) is 19.2 Å². The monoisotopic (exact) mass is 414 g/mol. The molecule has 0 aromatic heterocycles. The van der Waals surface area contributed by atoms with E-state index in [1.807, 2.05) is 61.5 Å². The summed E-state index contributed by atoms with van der Waals surface area (Å²) >= 11 is 6.24. The minimum Gasteiger partial charge on any atom is -0.354 e. The lowest BCUT2D eigenvalue weighted by Gasteiger charge is -2.31. The van der Waals surface area contributed by atoms with E-state index in [4.69, 9.17) is 11.6 Å². The standard InChI is InChI=1S/C24H31ClN2O2/c1-4-22(24(29)26-16-18(2)3)27(17-19-10-6-5-7-11-19)23(28)15-14-20-12-8-9-13-21(20)25/h5-13,18,22H,4,14-17H2,1-3H3,(H,26,29). The van der Waals surface area contributed by atoms with Crippen molar-refractivity contribution in [3.63, 3.8) is 0 Å². The van der Waals surface area contributed by atoms with Crippen LogP contribution in [-0.4, -0.2) is 29.3 Å². The maximum absolute atomic E-state index is 13.2. The predicted molar refractivity (Wildman–Crippen MR) is 119 cm³/mol. The Hall–Kier alpha value is -2.33. The molecule has 2 amide bonds. The molecule has 0 heterocycles. The number of amides is 2. The topological polar surface area (TPSA) is 49.4 Å². The molecule has 0 fully saturated rings. The Morgan fingerprint density at radius 2 is 1.69 bits per heavy atom. The van der Waals surface area contributed by atoms with Crippen molar-refractivity contribution >= 4 is 23.4 Å². The van der Waals surface area contributed by atoms with Crippen LogP contribution >= 0.6 is 11.6 Å². The summed E-state index contributed by atoms with van der Waals surface area (Å²) < 4.78 is 0. The van der Waals surface area contributed by atoms with Crippen molar-refractivity contribution in [3.8, 4) is 0 Å². The quantitative estimate of drug-likeness (QED) is 0.604. The fraction of sp³-hybridized carbons (Fsp3) is 0.417. The molecule has 0 aliphatic carbocycles. The minimum atomic E-state index is -0.493. The fourth-order valence-corrected chi connectivity index (χ4v) is 3.44. The van der Waals surface area contributed by atoms with Crippen molar-refractivity contribution in [2.24, 2.45) is 5.92 Å². The first-order valence-corrected chi connectivity index (χ1v) is 10.6. The maximum Gasteiger partial charge on any atom is 0.242 e. The molecule has 1 unspecified atom stereocenters. The molecule has 2 aromatic carbocycles. The number of benzene rings is 2. The Balaban J connectivity index is 2.17. The summed E-state index contributed by atoms with van der Waals surface area (Å²) in [5.74, 6) is 0.221. The zero-order valence-corrected chi connectivity index (χ0v) is 18.3. The third kappa shape index (κ3) is 7.21. The van der Waals surface area contributed by atoms with Crippen LogP contribution in [0.1, 0.15) is 44.7 Å². The largest absolute Gasteiger partial charge is 0.354 e. The number of hydrogen-bond donors (Lipinski definition) is 1. The smallest absolute Gasteiger partial charge is 0.242 e. The third-order valence-corrected chi connectivity index (χ3v) is 5.20. The number of aryl methyl sites for hydroxylation is 1. The minimum absolute atomic E-state index is 0.0414. The average Bonchev–Trinajstić information content (AvgIpc) is 2.72. The average molecular weight is 415 g/mol. The van der Waals surface area contributed by atoms with Gasteiger partial charge in [-0.15, -0.1) is 0 Å². The van der Waals surface area contributed by atoms with Crippen molar-refractivity contribution in [2.75, 3.05) is 6.54 Å². The number of halogens is 1. The molecular formula is C24H31ClN2O2. The second-order valence-electron chi connectivity index (χ2n) is 7.66. The highest BCUT2D eigenvalue weighted by Gasteiger charge is 2.28. The van der Waals surface area contributed by atoms with Gasteiger partial charge in [0.1, 0.15) is 6.04 Å². The Labute approximate surface area is 179 Å². The summed E-state index contributed by atoms with van der Waals surface area (Å²) in [5.41, 5.74) is 1.95. The first kappa shape index (κ1) is 23.0. The van der Waals surface area contributed by atoms with Crippen molar-refractivity contribution in [1.82, 2.24) is 10.2 Å². The van der Waals surface area contributed by atoms with E-state index < -0.39 is 6.04 Å². The van der Waals surface area contributed by atoms with Gasteiger partial charge in [0, 0.05) is 24.5 Å².